The van der Waals surface area contributed by atoms with Crippen LogP contribution < -0.4 is 4.52 Å². The Bertz CT molecular complexity index is 464. The third-order valence-electron chi connectivity index (χ3n) is 5.01. The molecule has 1 aromatic rings. The van der Waals surface area contributed by atoms with Crippen molar-refractivity contribution in [2.24, 2.45) is 10.8 Å². The van der Waals surface area contributed by atoms with Crippen LogP contribution in [0.3, 0.4) is 0 Å². The highest BCUT2D eigenvalue weighted by Gasteiger charge is 2.41. The minimum Gasteiger partial charge on any atom is -0.427 e. The monoisotopic (exact) mass is 354 g/mol. The molecule has 0 radical (unpaired) electrons. The number of hydrogen-bond donors (Lipinski definition) is 0. The van der Waals surface area contributed by atoms with Gasteiger partial charge in [0, 0.05) is 10.8 Å². The van der Waals surface area contributed by atoms with Crippen LogP contribution in [0.15, 0.2) is 30.3 Å². The fourth-order valence-electron chi connectivity index (χ4n) is 2.60. The van der Waals surface area contributed by atoms with Crippen LogP contribution in [0.4, 0.5) is 0 Å². The van der Waals surface area contributed by atoms with Crippen molar-refractivity contribution < 1.29 is 23.0 Å². The van der Waals surface area contributed by atoms with E-state index in [1.54, 1.807) is 0 Å². The average Bonchev–Trinajstić information content (AvgIpc) is 2.54. The third kappa shape index (κ3) is 4.27. The Labute approximate surface area is 145 Å². The highest BCUT2D eigenvalue weighted by Crippen LogP contribution is 2.46. The van der Waals surface area contributed by atoms with Crippen LogP contribution in [0.5, 0.6) is 5.75 Å². The smallest absolute Gasteiger partial charge is 0.397 e. The maximum Gasteiger partial charge on any atom is 0.397 e. The first kappa shape index (κ1) is 18.1. The Balaban J connectivity index is 1.57. The Kier molecular flexibility index (Phi) is 6.12. The molecule has 6 heteroatoms. The maximum absolute atomic E-state index is 6.05. The van der Waals surface area contributed by atoms with Crippen LogP contribution in [-0.2, 0) is 18.5 Å². The molecule has 1 aromatic carbocycles. The van der Waals surface area contributed by atoms with Crippen LogP contribution in [0.1, 0.15) is 26.7 Å². The van der Waals surface area contributed by atoms with Gasteiger partial charge in [-0.2, -0.15) is 0 Å². The van der Waals surface area contributed by atoms with Gasteiger partial charge in [-0.3, -0.25) is 0 Å². The highest BCUT2D eigenvalue weighted by molar-refractivity contribution is 7.42. The molecule has 0 saturated carbocycles. The Morgan fingerprint density at radius 3 is 1.75 bits per heavy atom. The van der Waals surface area contributed by atoms with E-state index < -0.39 is 8.60 Å². The van der Waals surface area contributed by atoms with Crippen molar-refractivity contribution in [3.8, 4) is 5.75 Å². The molecule has 0 bridgehead atoms. The molecule has 24 heavy (non-hydrogen) atoms. The highest BCUT2D eigenvalue weighted by atomic mass is 31.2. The lowest BCUT2D eigenvalue weighted by Gasteiger charge is -2.42. The summed E-state index contributed by atoms with van der Waals surface area (Å²) in [5, 5.41) is 0. The lowest BCUT2D eigenvalue weighted by molar-refractivity contribution is -0.142. The normalized spacial score (nSPS) is 21.1. The van der Waals surface area contributed by atoms with E-state index in [4.69, 9.17) is 23.0 Å². The van der Waals surface area contributed by atoms with E-state index >= 15 is 0 Å². The van der Waals surface area contributed by atoms with Crippen molar-refractivity contribution >= 4 is 8.60 Å². The molecule has 3 rings (SSSR count). The van der Waals surface area contributed by atoms with E-state index in [2.05, 4.69) is 13.8 Å². The Morgan fingerprint density at radius 1 is 0.875 bits per heavy atom. The summed E-state index contributed by atoms with van der Waals surface area (Å²) in [6, 6.07) is 9.71. The molecule has 5 nitrogen and oxygen atoms in total. The molecule has 134 valence electrons. The van der Waals surface area contributed by atoms with Crippen molar-refractivity contribution in [1.82, 2.24) is 0 Å². The van der Waals surface area contributed by atoms with E-state index in [0.717, 1.165) is 45.0 Å². The molecule has 2 saturated heterocycles. The molecule has 0 spiro atoms. The fourth-order valence-corrected chi connectivity index (χ4v) is 3.83. The second-order valence-electron chi connectivity index (χ2n) is 6.87. The van der Waals surface area contributed by atoms with Gasteiger partial charge >= 0.3 is 8.60 Å². The minimum absolute atomic E-state index is 0.117. The van der Waals surface area contributed by atoms with E-state index in [1.807, 2.05) is 30.3 Å². The van der Waals surface area contributed by atoms with Gasteiger partial charge < -0.3 is 23.0 Å². The van der Waals surface area contributed by atoms with Gasteiger partial charge in [0.1, 0.15) is 5.75 Å². The summed E-state index contributed by atoms with van der Waals surface area (Å²) in [6.07, 6.45) is 2.07. The largest absolute Gasteiger partial charge is 0.427 e. The molecule has 0 N–H and O–H groups in total. The van der Waals surface area contributed by atoms with Crippen molar-refractivity contribution in [1.29, 1.82) is 0 Å². The van der Waals surface area contributed by atoms with Gasteiger partial charge in [-0.05, 0) is 25.0 Å². The molecule has 2 aliphatic rings. The predicted molar refractivity (Wildman–Crippen MR) is 93.0 cm³/mol. The number of para-hydroxylation sites is 1. The molecule has 2 aliphatic heterocycles. The topological polar surface area (TPSA) is 46.2 Å². The molecule has 0 amide bonds. The molecule has 0 atom stereocenters. The van der Waals surface area contributed by atoms with Gasteiger partial charge in [-0.15, -0.1) is 0 Å². The fraction of sp³-hybridized carbons (Fsp3) is 0.667. The lowest BCUT2D eigenvalue weighted by Crippen LogP contribution is -2.46. The van der Waals surface area contributed by atoms with Crippen molar-refractivity contribution in [2.75, 3.05) is 39.6 Å². The van der Waals surface area contributed by atoms with Crippen LogP contribution >= 0.6 is 8.60 Å². The molecule has 2 fully saturated rings. The van der Waals surface area contributed by atoms with Gasteiger partial charge in [0.15, 0.2) is 0 Å². The van der Waals surface area contributed by atoms with E-state index in [9.17, 15) is 0 Å². The first-order chi connectivity index (χ1) is 11.7. The molecule has 0 unspecified atom stereocenters. The molecular formula is C18H27O5P. The molecule has 2 heterocycles. The standard InChI is InChI=1S/C18H27O5P/c1-3-17(10-19-11-17)14-21-24(23-16-8-6-5-7-9-16)22-15-18(4-2)12-20-13-18/h5-9H,3-4,10-15H2,1-2H3. The molecule has 0 aliphatic carbocycles. The summed E-state index contributed by atoms with van der Waals surface area (Å²) >= 11 is 0. The van der Waals surface area contributed by atoms with E-state index in [-0.39, 0.29) is 10.8 Å². The second-order valence-corrected chi connectivity index (χ2v) is 8.01. The van der Waals surface area contributed by atoms with Crippen LogP contribution in [0.2, 0.25) is 0 Å². The van der Waals surface area contributed by atoms with Crippen LogP contribution in [-0.4, -0.2) is 39.6 Å². The summed E-state index contributed by atoms with van der Waals surface area (Å²) in [4.78, 5) is 0. The Hall–Kier alpha value is -0.710. The van der Waals surface area contributed by atoms with Crippen molar-refractivity contribution in [3.63, 3.8) is 0 Å². The predicted octanol–water partition coefficient (Wildman–Crippen LogP) is 4.18. The van der Waals surface area contributed by atoms with E-state index in [1.165, 1.54) is 0 Å². The van der Waals surface area contributed by atoms with E-state index in [0.29, 0.717) is 13.2 Å². The molecule has 0 aromatic heterocycles. The second kappa shape index (κ2) is 8.11. The zero-order valence-corrected chi connectivity index (χ0v) is 15.4. The summed E-state index contributed by atoms with van der Waals surface area (Å²) < 4.78 is 28.8. The summed E-state index contributed by atoms with van der Waals surface area (Å²) in [7, 11) is -1.43. The SMILES string of the molecule is CCC1(COP(OCC2(CC)COC2)Oc2ccccc2)COC1. The summed E-state index contributed by atoms with van der Waals surface area (Å²) in [6.45, 7) is 8.58. The quantitative estimate of drug-likeness (QED) is 0.590. The first-order valence-corrected chi connectivity index (χ1v) is 9.73. The van der Waals surface area contributed by atoms with Gasteiger partial charge in [0.05, 0.1) is 39.6 Å². The number of rotatable bonds is 10. The zero-order valence-electron chi connectivity index (χ0n) is 14.5. The minimum atomic E-state index is -1.43. The number of benzene rings is 1. The van der Waals surface area contributed by atoms with Gasteiger partial charge in [0.2, 0.25) is 0 Å². The van der Waals surface area contributed by atoms with Crippen molar-refractivity contribution in [3.05, 3.63) is 30.3 Å². The third-order valence-corrected chi connectivity index (χ3v) is 6.05. The Morgan fingerprint density at radius 2 is 1.38 bits per heavy atom. The van der Waals surface area contributed by atoms with Gasteiger partial charge in [-0.25, -0.2) is 0 Å². The summed E-state index contributed by atoms with van der Waals surface area (Å²) in [5.74, 6) is 0.773. The van der Waals surface area contributed by atoms with Crippen LogP contribution in [0, 0.1) is 10.8 Å². The van der Waals surface area contributed by atoms with Gasteiger partial charge in [-0.1, -0.05) is 32.0 Å². The zero-order chi connectivity index (χ0) is 16.9. The summed E-state index contributed by atoms with van der Waals surface area (Å²) in [5.41, 5.74) is 0.234. The number of hydrogen-bond acceptors (Lipinski definition) is 5. The maximum atomic E-state index is 6.05. The molecular weight excluding hydrogens is 327 g/mol. The van der Waals surface area contributed by atoms with Crippen molar-refractivity contribution in [2.45, 2.75) is 26.7 Å². The average molecular weight is 354 g/mol. The van der Waals surface area contributed by atoms with Gasteiger partial charge in [0.25, 0.3) is 0 Å². The lowest BCUT2D eigenvalue weighted by atomic mass is 9.84. The van der Waals surface area contributed by atoms with Crippen LogP contribution in [0.25, 0.3) is 0 Å². The first-order valence-electron chi connectivity index (χ1n) is 8.64. The number of ether oxygens (including phenoxy) is 2.